The van der Waals surface area contributed by atoms with Gasteiger partial charge in [0.05, 0.1) is 5.75 Å². The van der Waals surface area contributed by atoms with Gasteiger partial charge < -0.3 is 10.6 Å². The van der Waals surface area contributed by atoms with Crippen molar-refractivity contribution in [1.29, 1.82) is 0 Å². The van der Waals surface area contributed by atoms with Crippen molar-refractivity contribution in [2.75, 3.05) is 32.1 Å². The van der Waals surface area contributed by atoms with Gasteiger partial charge in [0.2, 0.25) is 0 Å². The zero-order chi connectivity index (χ0) is 16.9. The van der Waals surface area contributed by atoms with Crippen molar-refractivity contribution in [3.05, 3.63) is 0 Å². The van der Waals surface area contributed by atoms with Gasteiger partial charge in [-0.15, -0.1) is 0 Å². The number of sulfone groups is 1. The molecule has 0 spiro atoms. The first-order valence-corrected chi connectivity index (χ1v) is 10.3. The van der Waals surface area contributed by atoms with E-state index >= 15 is 0 Å². The average molecular weight is 332 g/mol. The summed E-state index contributed by atoms with van der Waals surface area (Å²) in [5, 5.41) is 6.76. The van der Waals surface area contributed by atoms with E-state index in [1.54, 1.807) is 7.05 Å². The van der Waals surface area contributed by atoms with E-state index in [0.717, 1.165) is 12.5 Å². The fourth-order valence-corrected chi connectivity index (χ4v) is 3.62. The third-order valence-corrected chi connectivity index (χ3v) is 5.85. The monoisotopic (exact) mass is 331 g/mol. The molecule has 1 fully saturated rings. The van der Waals surface area contributed by atoms with Gasteiger partial charge in [-0.1, -0.05) is 27.2 Å². The average Bonchev–Trinajstić information content (AvgIpc) is 2.38. The summed E-state index contributed by atoms with van der Waals surface area (Å²) < 4.78 is 22.6. The van der Waals surface area contributed by atoms with Gasteiger partial charge in [-0.3, -0.25) is 4.99 Å². The number of hydrogen-bond donors (Lipinski definition) is 2. The third kappa shape index (κ3) is 6.55. The third-order valence-electron chi connectivity index (χ3n) is 4.90. The number of aliphatic imine (C=N–C) groups is 1. The fourth-order valence-electron chi connectivity index (χ4n) is 2.70. The maximum Gasteiger partial charge on any atom is 0.191 e. The van der Waals surface area contributed by atoms with Gasteiger partial charge in [-0.2, -0.15) is 0 Å². The summed E-state index contributed by atoms with van der Waals surface area (Å²) in [6, 6.07) is 0. The number of rotatable bonds is 8. The van der Waals surface area contributed by atoms with E-state index in [2.05, 4.69) is 36.4 Å². The van der Waals surface area contributed by atoms with Gasteiger partial charge in [0.1, 0.15) is 9.84 Å². The Balaban J connectivity index is 2.39. The number of nitrogens with one attached hydrogen (secondary N) is 2. The van der Waals surface area contributed by atoms with Crippen molar-refractivity contribution in [3.8, 4) is 0 Å². The van der Waals surface area contributed by atoms with Crippen LogP contribution in [0.1, 0.15) is 52.9 Å². The minimum absolute atomic E-state index is 0.0837. The molecule has 22 heavy (non-hydrogen) atoms. The molecule has 0 heterocycles. The summed E-state index contributed by atoms with van der Waals surface area (Å²) in [4.78, 5) is 4.27. The smallest absolute Gasteiger partial charge is 0.191 e. The zero-order valence-corrected chi connectivity index (χ0v) is 15.6. The van der Waals surface area contributed by atoms with Crippen molar-refractivity contribution in [2.24, 2.45) is 15.8 Å². The Kier molecular flexibility index (Phi) is 6.71. The highest BCUT2D eigenvalue weighted by Crippen LogP contribution is 2.42. The highest BCUT2D eigenvalue weighted by Gasteiger charge is 2.35. The molecule has 0 atom stereocenters. The first kappa shape index (κ1) is 19.3. The molecule has 0 unspecified atom stereocenters. The first-order valence-electron chi connectivity index (χ1n) is 8.24. The van der Waals surface area contributed by atoms with Gasteiger partial charge in [0, 0.05) is 26.4 Å². The van der Waals surface area contributed by atoms with Gasteiger partial charge in [-0.05, 0) is 36.5 Å². The predicted octanol–water partition coefficient (Wildman–Crippen LogP) is 2.19. The molecule has 0 bridgehead atoms. The van der Waals surface area contributed by atoms with Crippen LogP contribution in [-0.4, -0.2) is 46.5 Å². The molecule has 130 valence electrons. The Morgan fingerprint density at radius 2 is 1.91 bits per heavy atom. The van der Waals surface area contributed by atoms with Crippen LogP contribution >= 0.6 is 0 Å². The molecular formula is C16H33N3O2S. The minimum Gasteiger partial charge on any atom is -0.356 e. The lowest BCUT2D eigenvalue weighted by molar-refractivity contribution is 0.131. The molecule has 0 radical (unpaired) electrons. The highest BCUT2D eigenvalue weighted by molar-refractivity contribution is 7.90. The summed E-state index contributed by atoms with van der Waals surface area (Å²) >= 11 is 0. The van der Waals surface area contributed by atoms with Crippen LogP contribution in [-0.2, 0) is 9.84 Å². The highest BCUT2D eigenvalue weighted by atomic mass is 32.2. The van der Waals surface area contributed by atoms with Crippen molar-refractivity contribution in [3.63, 3.8) is 0 Å². The van der Waals surface area contributed by atoms with Crippen molar-refractivity contribution in [1.82, 2.24) is 10.6 Å². The largest absolute Gasteiger partial charge is 0.356 e. The molecule has 0 aromatic rings. The SMILES string of the molecule is CCC1(CNC(=NC)NCC(C)(C)CCS(C)(=O)=O)CCC1. The lowest BCUT2D eigenvalue weighted by Crippen LogP contribution is -2.48. The summed E-state index contributed by atoms with van der Waals surface area (Å²) in [5.74, 6) is 1.04. The van der Waals surface area contributed by atoms with Crippen LogP contribution in [0.3, 0.4) is 0 Å². The molecule has 0 aromatic heterocycles. The number of guanidine groups is 1. The summed E-state index contributed by atoms with van der Waals surface area (Å²) in [7, 11) is -1.13. The van der Waals surface area contributed by atoms with E-state index in [9.17, 15) is 8.42 Å². The second kappa shape index (κ2) is 7.66. The van der Waals surface area contributed by atoms with E-state index in [0.29, 0.717) is 18.4 Å². The second-order valence-corrected chi connectivity index (χ2v) is 9.79. The van der Waals surface area contributed by atoms with E-state index < -0.39 is 9.84 Å². The zero-order valence-electron chi connectivity index (χ0n) is 14.8. The lowest BCUT2D eigenvalue weighted by Gasteiger charge is -2.41. The first-order chi connectivity index (χ1) is 10.1. The van der Waals surface area contributed by atoms with Crippen LogP contribution < -0.4 is 10.6 Å². The Bertz CT molecular complexity index is 474. The van der Waals surface area contributed by atoms with Crippen LogP contribution in [0.25, 0.3) is 0 Å². The molecular weight excluding hydrogens is 298 g/mol. The van der Waals surface area contributed by atoms with Gasteiger partial charge >= 0.3 is 0 Å². The molecule has 6 heteroatoms. The van der Waals surface area contributed by atoms with E-state index in [1.807, 2.05) is 0 Å². The predicted molar refractivity (Wildman–Crippen MR) is 94.0 cm³/mol. The van der Waals surface area contributed by atoms with Crippen LogP contribution in [0.2, 0.25) is 0 Å². The second-order valence-electron chi connectivity index (χ2n) is 7.53. The summed E-state index contributed by atoms with van der Waals surface area (Å²) in [6.07, 6.45) is 7.08. The summed E-state index contributed by atoms with van der Waals surface area (Å²) in [6.45, 7) is 8.09. The number of nitrogens with zero attached hydrogens (tertiary/aromatic N) is 1. The Morgan fingerprint density at radius 1 is 1.27 bits per heavy atom. The molecule has 0 aliphatic heterocycles. The van der Waals surface area contributed by atoms with E-state index in [4.69, 9.17) is 0 Å². The molecule has 0 amide bonds. The molecule has 1 aliphatic rings. The van der Waals surface area contributed by atoms with Crippen LogP contribution in [0.15, 0.2) is 4.99 Å². The minimum atomic E-state index is -2.90. The molecule has 0 saturated heterocycles. The van der Waals surface area contributed by atoms with Gasteiger partial charge in [0.15, 0.2) is 5.96 Å². The van der Waals surface area contributed by atoms with Crippen molar-refractivity contribution >= 4 is 15.8 Å². The van der Waals surface area contributed by atoms with Crippen molar-refractivity contribution < 1.29 is 8.42 Å². The van der Waals surface area contributed by atoms with E-state index in [-0.39, 0.29) is 11.2 Å². The lowest BCUT2D eigenvalue weighted by atomic mass is 9.67. The standard InChI is InChI=1S/C16H33N3O2S/c1-6-16(8-7-9-16)13-19-14(17-4)18-12-15(2,3)10-11-22(5,20)21/h6-13H2,1-5H3,(H2,17,18,19). The van der Waals surface area contributed by atoms with Gasteiger partial charge in [-0.25, -0.2) is 8.42 Å². The Morgan fingerprint density at radius 3 is 2.32 bits per heavy atom. The summed E-state index contributed by atoms with van der Waals surface area (Å²) in [5.41, 5.74) is 0.364. The Labute approximate surface area is 136 Å². The van der Waals surface area contributed by atoms with E-state index in [1.165, 1.54) is 31.9 Å². The topological polar surface area (TPSA) is 70.6 Å². The molecule has 1 aliphatic carbocycles. The number of hydrogen-bond acceptors (Lipinski definition) is 3. The Hall–Kier alpha value is -0.780. The quantitative estimate of drug-likeness (QED) is 0.528. The maximum absolute atomic E-state index is 11.3. The molecule has 1 saturated carbocycles. The van der Waals surface area contributed by atoms with Crippen LogP contribution in [0.4, 0.5) is 0 Å². The maximum atomic E-state index is 11.3. The molecule has 1 rings (SSSR count). The fraction of sp³-hybridized carbons (Fsp3) is 0.938. The molecule has 0 aromatic carbocycles. The van der Waals surface area contributed by atoms with Crippen LogP contribution in [0, 0.1) is 10.8 Å². The van der Waals surface area contributed by atoms with Crippen molar-refractivity contribution in [2.45, 2.75) is 52.9 Å². The molecule has 2 N–H and O–H groups in total. The van der Waals surface area contributed by atoms with Gasteiger partial charge in [0.25, 0.3) is 0 Å². The normalized spacial score (nSPS) is 18.7. The molecule has 5 nitrogen and oxygen atoms in total. The van der Waals surface area contributed by atoms with Crippen LogP contribution in [0.5, 0.6) is 0 Å².